The van der Waals surface area contributed by atoms with Crippen molar-refractivity contribution in [3.63, 3.8) is 0 Å². The number of aromatic carboxylic acids is 1. The van der Waals surface area contributed by atoms with Gasteiger partial charge in [-0.2, -0.15) is 0 Å². The zero-order valence-electron chi connectivity index (χ0n) is 18.3. The molecule has 4 aromatic rings. The van der Waals surface area contributed by atoms with Crippen LogP contribution in [0.15, 0.2) is 73.1 Å². The highest BCUT2D eigenvalue weighted by Gasteiger charge is 2.17. The molecule has 0 spiro atoms. The molecular weight excluding hydrogens is 416 g/mol. The Labute approximate surface area is 191 Å². The van der Waals surface area contributed by atoms with Gasteiger partial charge in [-0.15, -0.1) is 5.10 Å². The lowest BCUT2D eigenvalue weighted by molar-refractivity contribution is 0.0697. The van der Waals surface area contributed by atoms with Gasteiger partial charge in [-0.05, 0) is 29.2 Å². The first-order valence-corrected chi connectivity index (χ1v) is 10.8. The number of carboxylic acid groups (broad SMARTS) is 1. The normalized spacial score (nSPS) is 10.8. The maximum Gasteiger partial charge on any atom is 0.336 e. The van der Waals surface area contributed by atoms with Crippen molar-refractivity contribution in [2.24, 2.45) is 0 Å². The maximum absolute atomic E-state index is 12.7. The van der Waals surface area contributed by atoms with Crippen LogP contribution in [-0.4, -0.2) is 36.6 Å². The molecule has 0 bridgehead atoms. The first kappa shape index (κ1) is 22.1. The molecule has 0 aliphatic carbocycles. The highest BCUT2D eigenvalue weighted by atomic mass is 16.4. The molecule has 0 saturated heterocycles. The van der Waals surface area contributed by atoms with Crippen LogP contribution in [0, 0.1) is 0 Å². The summed E-state index contributed by atoms with van der Waals surface area (Å²) >= 11 is 0. The van der Waals surface area contributed by atoms with E-state index >= 15 is 0 Å². The Morgan fingerprint density at radius 1 is 0.970 bits per heavy atom. The van der Waals surface area contributed by atoms with Crippen molar-refractivity contribution in [1.29, 1.82) is 0 Å². The van der Waals surface area contributed by atoms with E-state index in [0.29, 0.717) is 18.5 Å². The monoisotopic (exact) mass is 440 g/mol. The third-order valence-corrected chi connectivity index (χ3v) is 5.32. The summed E-state index contributed by atoms with van der Waals surface area (Å²) in [5.41, 5.74) is 3.48. The smallest absolute Gasteiger partial charge is 0.336 e. The molecule has 2 aromatic carbocycles. The third kappa shape index (κ3) is 5.20. The average molecular weight is 441 g/mol. The quantitative estimate of drug-likeness (QED) is 0.386. The van der Waals surface area contributed by atoms with E-state index in [1.54, 1.807) is 10.9 Å². The van der Waals surface area contributed by atoms with Crippen LogP contribution in [0.5, 0.6) is 0 Å². The zero-order valence-corrected chi connectivity index (χ0v) is 18.3. The lowest BCUT2D eigenvalue weighted by Gasteiger charge is -2.08. The number of ketones is 1. The van der Waals surface area contributed by atoms with Gasteiger partial charge in [0, 0.05) is 37.3 Å². The largest absolute Gasteiger partial charge is 0.478 e. The lowest BCUT2D eigenvalue weighted by atomic mass is 10.00. The van der Waals surface area contributed by atoms with E-state index in [4.69, 9.17) is 0 Å². The molecule has 0 fully saturated rings. The number of rotatable bonds is 9. The molecule has 0 aliphatic rings. The molecule has 1 N–H and O–H groups in total. The fraction of sp³-hybridized carbons (Fsp3) is 0.192. The molecule has 0 aliphatic heterocycles. The number of carboxylic acids is 1. The van der Waals surface area contributed by atoms with Crippen molar-refractivity contribution in [2.45, 2.75) is 32.7 Å². The van der Waals surface area contributed by atoms with Crippen molar-refractivity contribution in [1.82, 2.24) is 19.7 Å². The second-order valence-electron chi connectivity index (χ2n) is 7.76. The first-order valence-electron chi connectivity index (χ1n) is 10.8. The molecular formula is C26H24N4O3. The van der Waals surface area contributed by atoms with Gasteiger partial charge in [-0.25, -0.2) is 14.5 Å². The number of nitrogens with zero attached hydrogens (tertiary/aromatic N) is 4. The van der Waals surface area contributed by atoms with Crippen molar-refractivity contribution in [2.75, 3.05) is 0 Å². The van der Waals surface area contributed by atoms with Crippen LogP contribution in [0.4, 0.5) is 0 Å². The summed E-state index contributed by atoms with van der Waals surface area (Å²) in [6.07, 6.45) is 4.69. The summed E-state index contributed by atoms with van der Waals surface area (Å²) in [6.45, 7) is 2.73. The third-order valence-electron chi connectivity index (χ3n) is 5.32. The van der Waals surface area contributed by atoms with Gasteiger partial charge in [0.1, 0.15) is 5.82 Å². The Hall–Kier alpha value is -4.13. The molecule has 7 heteroatoms. The maximum atomic E-state index is 12.7. The number of carbonyl (C=O) groups is 2. The van der Waals surface area contributed by atoms with Gasteiger partial charge in [0.05, 0.1) is 5.56 Å². The van der Waals surface area contributed by atoms with Crippen LogP contribution in [-0.2, 0) is 19.4 Å². The lowest BCUT2D eigenvalue weighted by Crippen LogP contribution is -2.08. The number of Topliss-reactive ketones (excluding diaryl/α,β-unsaturated/α-hetero) is 1. The second kappa shape index (κ2) is 9.99. The summed E-state index contributed by atoms with van der Waals surface area (Å²) in [6, 6.07) is 18.7. The van der Waals surface area contributed by atoms with E-state index in [-0.39, 0.29) is 23.6 Å². The van der Waals surface area contributed by atoms with E-state index in [9.17, 15) is 14.7 Å². The van der Waals surface area contributed by atoms with Gasteiger partial charge in [-0.1, -0.05) is 61.5 Å². The summed E-state index contributed by atoms with van der Waals surface area (Å²) in [5, 5.41) is 13.9. The molecule has 0 unspecified atom stereocenters. The minimum Gasteiger partial charge on any atom is -0.478 e. The van der Waals surface area contributed by atoms with Gasteiger partial charge in [0.25, 0.3) is 0 Å². The molecule has 0 radical (unpaired) electrons. The van der Waals surface area contributed by atoms with E-state index in [1.165, 1.54) is 12.3 Å². The Bertz CT molecular complexity index is 1260. The first-order chi connectivity index (χ1) is 16.0. The van der Waals surface area contributed by atoms with E-state index in [0.717, 1.165) is 28.9 Å². The highest BCUT2D eigenvalue weighted by molar-refractivity contribution is 5.95. The summed E-state index contributed by atoms with van der Waals surface area (Å²) in [4.78, 5) is 32.8. The van der Waals surface area contributed by atoms with Gasteiger partial charge < -0.3 is 5.11 Å². The fourth-order valence-corrected chi connectivity index (χ4v) is 3.67. The summed E-state index contributed by atoms with van der Waals surface area (Å²) in [5.74, 6) is -0.128. The van der Waals surface area contributed by atoms with Gasteiger partial charge in [0.2, 0.25) is 11.6 Å². The molecule has 0 saturated carbocycles. The highest BCUT2D eigenvalue weighted by Crippen LogP contribution is 2.24. The summed E-state index contributed by atoms with van der Waals surface area (Å²) in [7, 11) is 0. The van der Waals surface area contributed by atoms with Gasteiger partial charge >= 0.3 is 5.97 Å². The number of hydrogen-bond acceptors (Lipinski definition) is 5. The average Bonchev–Trinajstić information content (AvgIpc) is 3.23. The van der Waals surface area contributed by atoms with E-state index in [2.05, 4.69) is 22.0 Å². The SMILES string of the molecule is CCCn1nc(C(=O)Cc2ccccc2)nc1Cc1ccc(-c2cnccc2C(=O)O)cc1. The van der Waals surface area contributed by atoms with E-state index in [1.807, 2.05) is 54.6 Å². The van der Waals surface area contributed by atoms with Crippen LogP contribution in [0.25, 0.3) is 11.1 Å². The van der Waals surface area contributed by atoms with Crippen LogP contribution < -0.4 is 0 Å². The van der Waals surface area contributed by atoms with Crippen molar-refractivity contribution < 1.29 is 14.7 Å². The van der Waals surface area contributed by atoms with Crippen LogP contribution in [0.1, 0.15) is 51.3 Å². The number of benzene rings is 2. The molecule has 7 nitrogen and oxygen atoms in total. The predicted octanol–water partition coefficient (Wildman–Crippen LogP) is 4.46. The van der Waals surface area contributed by atoms with Crippen LogP contribution >= 0.6 is 0 Å². The minimum atomic E-state index is -0.989. The molecule has 33 heavy (non-hydrogen) atoms. The second-order valence-corrected chi connectivity index (χ2v) is 7.76. The summed E-state index contributed by atoms with van der Waals surface area (Å²) < 4.78 is 1.80. The van der Waals surface area contributed by atoms with E-state index < -0.39 is 5.97 Å². The van der Waals surface area contributed by atoms with Crippen LogP contribution in [0.3, 0.4) is 0 Å². The Morgan fingerprint density at radius 3 is 2.42 bits per heavy atom. The molecule has 2 heterocycles. The van der Waals surface area contributed by atoms with Gasteiger partial charge in [0.15, 0.2) is 0 Å². The standard InChI is InChI=1S/C26H24N4O3/c1-2-14-30-24(28-25(29-30)23(31)15-18-6-4-3-5-7-18)16-19-8-10-20(11-9-19)22-17-27-13-12-21(22)26(32)33/h3-13,17H,2,14-16H2,1H3,(H,32,33). The fourth-order valence-electron chi connectivity index (χ4n) is 3.67. The number of hydrogen-bond donors (Lipinski definition) is 1. The Balaban J connectivity index is 1.55. The van der Waals surface area contributed by atoms with Crippen molar-refractivity contribution in [3.8, 4) is 11.1 Å². The molecule has 2 aromatic heterocycles. The van der Waals surface area contributed by atoms with Crippen molar-refractivity contribution in [3.05, 3.63) is 101 Å². The van der Waals surface area contributed by atoms with Crippen LogP contribution in [0.2, 0.25) is 0 Å². The number of carbonyl (C=O) groups excluding carboxylic acids is 1. The molecule has 0 atom stereocenters. The minimum absolute atomic E-state index is 0.106. The van der Waals surface area contributed by atoms with Gasteiger partial charge in [-0.3, -0.25) is 9.78 Å². The molecule has 4 rings (SSSR count). The Morgan fingerprint density at radius 2 is 1.73 bits per heavy atom. The zero-order chi connectivity index (χ0) is 23.2. The topological polar surface area (TPSA) is 98.0 Å². The predicted molar refractivity (Wildman–Crippen MR) is 124 cm³/mol. The Kier molecular flexibility index (Phi) is 6.69. The van der Waals surface area contributed by atoms with Crippen molar-refractivity contribution >= 4 is 11.8 Å². The molecule has 0 amide bonds. The number of pyridine rings is 1. The number of aromatic nitrogens is 4. The molecule has 166 valence electrons. The number of aryl methyl sites for hydroxylation is 1.